The van der Waals surface area contributed by atoms with Crippen LogP contribution in [0.1, 0.15) is 117 Å². The van der Waals surface area contributed by atoms with Crippen molar-refractivity contribution in [3.63, 3.8) is 0 Å². The van der Waals surface area contributed by atoms with Crippen LogP contribution >= 0.6 is 0 Å². The first kappa shape index (κ1) is 75.5. The molecule has 0 aromatic heterocycles. The first-order valence-corrected chi connectivity index (χ1v) is 33.4. The first-order valence-electron chi connectivity index (χ1n) is 33.4. The lowest BCUT2D eigenvalue weighted by Gasteiger charge is -2.41. The van der Waals surface area contributed by atoms with Gasteiger partial charge in [-0.15, -0.1) is 0 Å². The van der Waals surface area contributed by atoms with Crippen LogP contribution < -0.4 is 21.3 Å². The highest BCUT2D eigenvalue weighted by molar-refractivity contribution is 6.12. The quantitative estimate of drug-likeness (QED) is 0.0353. The number of likely N-dealkylation sites (tertiary alicyclic amines) is 2. The number of fused-ring (bicyclic) bond motifs is 2. The number of aliphatic hydroxyl groups is 1. The number of aliphatic hydroxyl groups excluding tert-OH is 1. The molecular formula is C69H104N8O16. The summed E-state index contributed by atoms with van der Waals surface area (Å²) in [5.74, 6) is -3.75. The zero-order valence-electron chi connectivity index (χ0n) is 56.1. The molecule has 24 nitrogen and oxygen atoms in total. The Morgan fingerprint density at radius 1 is 0.774 bits per heavy atom. The Bertz CT molecular complexity index is 2740. The summed E-state index contributed by atoms with van der Waals surface area (Å²) in [5.41, 5.74) is 2.12. The van der Waals surface area contributed by atoms with Crippen molar-refractivity contribution in [2.45, 2.75) is 173 Å². The van der Waals surface area contributed by atoms with E-state index in [1.807, 2.05) is 62.9 Å². The van der Waals surface area contributed by atoms with Gasteiger partial charge < -0.3 is 69.4 Å². The molecule has 3 aliphatic heterocycles. The van der Waals surface area contributed by atoms with Gasteiger partial charge >= 0.3 is 0 Å². The Kier molecular flexibility index (Phi) is 31.5. The molecule has 5 N–H and O–H groups in total. The van der Waals surface area contributed by atoms with Gasteiger partial charge in [-0.2, -0.15) is 0 Å². The van der Waals surface area contributed by atoms with Crippen LogP contribution in [0.3, 0.4) is 0 Å². The molecule has 93 heavy (non-hydrogen) atoms. The van der Waals surface area contributed by atoms with Crippen LogP contribution in [0.5, 0.6) is 0 Å². The normalized spacial score (nSPS) is 21.3. The second-order valence-electron chi connectivity index (χ2n) is 25.4. The molecule has 1 unspecified atom stereocenters. The maximum absolute atomic E-state index is 15.0. The van der Waals surface area contributed by atoms with Gasteiger partial charge in [0.15, 0.2) is 0 Å². The smallest absolute Gasteiger partial charge is 0.253 e. The lowest BCUT2D eigenvalue weighted by Crippen LogP contribution is -2.61. The molecule has 2 aromatic carbocycles. The molecule has 516 valence electrons. The molecule has 0 radical (unpaired) electrons. The number of aldehydes is 1. The van der Waals surface area contributed by atoms with E-state index in [1.165, 1.54) is 31.3 Å². The fourth-order valence-electron chi connectivity index (χ4n) is 13.6. The number of carbonyl (C=O) groups excluding carboxylic acids is 9. The topological polar surface area (TPSA) is 290 Å². The predicted octanol–water partition coefficient (Wildman–Crippen LogP) is 4.24. The summed E-state index contributed by atoms with van der Waals surface area (Å²) in [7, 11) is 4.73. The van der Waals surface area contributed by atoms with Crippen molar-refractivity contribution in [1.82, 2.24) is 35.6 Å². The molecule has 1 saturated carbocycles. The number of likely N-dealkylation sites (N-methyl/N-ethyl adjacent to an activating group) is 1. The van der Waals surface area contributed by atoms with Gasteiger partial charge in [-0.05, 0) is 85.5 Å². The number of amides is 8. The highest BCUT2D eigenvalue weighted by Crippen LogP contribution is 2.48. The van der Waals surface area contributed by atoms with E-state index in [0.29, 0.717) is 90.2 Å². The molecule has 2 bridgehead atoms. The summed E-state index contributed by atoms with van der Waals surface area (Å²) in [6.45, 7) is 14.9. The number of nitrogens with one attached hydrogen (secondary N) is 4. The van der Waals surface area contributed by atoms with E-state index in [1.54, 1.807) is 48.0 Å². The third kappa shape index (κ3) is 21.5. The van der Waals surface area contributed by atoms with Crippen LogP contribution in [0.2, 0.25) is 0 Å². The van der Waals surface area contributed by atoms with E-state index in [0.717, 1.165) is 30.3 Å². The van der Waals surface area contributed by atoms with Gasteiger partial charge in [0, 0.05) is 77.6 Å². The van der Waals surface area contributed by atoms with E-state index in [9.17, 15) is 43.2 Å². The second kappa shape index (κ2) is 38.8. The van der Waals surface area contributed by atoms with Gasteiger partial charge in [0.25, 0.3) is 11.8 Å². The number of rotatable bonds is 43. The summed E-state index contributed by atoms with van der Waals surface area (Å²) in [6, 6.07) is 12.0. The van der Waals surface area contributed by atoms with Gasteiger partial charge in [0.1, 0.15) is 18.4 Å². The molecule has 6 rings (SSSR count). The lowest BCUT2D eigenvalue weighted by atomic mass is 9.89. The number of hydrogen-bond acceptors (Lipinski definition) is 17. The maximum Gasteiger partial charge on any atom is 0.253 e. The third-order valence-corrected chi connectivity index (χ3v) is 18.9. The van der Waals surface area contributed by atoms with Crippen LogP contribution in [0.15, 0.2) is 66.7 Å². The number of ether oxygens (including phenoxy) is 6. The van der Waals surface area contributed by atoms with Crippen LogP contribution in [0.4, 0.5) is 5.69 Å². The molecule has 0 spiro atoms. The molecule has 1 aliphatic carbocycles. The number of hydrogen-bond donors (Lipinski definition) is 5. The molecule has 24 heteroatoms. The van der Waals surface area contributed by atoms with Gasteiger partial charge in [0.05, 0.1) is 108 Å². The molecular weight excluding hydrogens is 1200 g/mol. The van der Waals surface area contributed by atoms with Gasteiger partial charge in [-0.1, -0.05) is 96.8 Å². The van der Waals surface area contributed by atoms with E-state index < -0.39 is 66.2 Å². The van der Waals surface area contributed by atoms with Gasteiger partial charge in [-0.25, -0.2) is 0 Å². The minimum Gasteiger partial charge on any atom is -0.394 e. The van der Waals surface area contributed by atoms with Crippen LogP contribution in [-0.4, -0.2) is 227 Å². The summed E-state index contributed by atoms with van der Waals surface area (Å²) in [5, 5.41) is 20.8. The van der Waals surface area contributed by atoms with E-state index in [2.05, 4.69) is 28.2 Å². The van der Waals surface area contributed by atoms with Crippen LogP contribution in [0.25, 0.3) is 0 Å². The summed E-state index contributed by atoms with van der Waals surface area (Å²) in [6.07, 6.45) is 7.60. The third-order valence-electron chi connectivity index (χ3n) is 18.9. The predicted molar refractivity (Wildman–Crippen MR) is 348 cm³/mol. The zero-order chi connectivity index (χ0) is 67.6. The monoisotopic (exact) mass is 1300 g/mol. The Morgan fingerprint density at radius 2 is 1.43 bits per heavy atom. The van der Waals surface area contributed by atoms with Crippen molar-refractivity contribution in [2.75, 3.05) is 99.1 Å². The summed E-state index contributed by atoms with van der Waals surface area (Å²) in [4.78, 5) is 129. The van der Waals surface area contributed by atoms with Crippen LogP contribution in [0, 0.1) is 29.6 Å². The molecule has 3 fully saturated rings. The summed E-state index contributed by atoms with van der Waals surface area (Å²) < 4.78 is 34.5. The number of nitrogens with zero attached hydrogens (tertiary/aromatic N) is 4. The van der Waals surface area contributed by atoms with Crippen molar-refractivity contribution in [3.05, 3.63) is 77.9 Å². The van der Waals surface area contributed by atoms with E-state index in [-0.39, 0.29) is 118 Å². The molecule has 4 aliphatic rings. The Hall–Kier alpha value is -6.51. The maximum atomic E-state index is 15.0. The molecule has 2 aromatic rings. The van der Waals surface area contributed by atoms with Crippen molar-refractivity contribution in [3.8, 4) is 0 Å². The fraction of sp³-hybridized carbons (Fsp3) is 0.667. The largest absolute Gasteiger partial charge is 0.394 e. The number of unbranched alkanes of at least 4 members (excludes halogenated alkanes) is 2. The van der Waals surface area contributed by atoms with Crippen molar-refractivity contribution < 1.29 is 76.7 Å². The zero-order valence-corrected chi connectivity index (χ0v) is 56.1. The van der Waals surface area contributed by atoms with Gasteiger partial charge in [-0.3, -0.25) is 48.2 Å². The first-order chi connectivity index (χ1) is 44.8. The Balaban J connectivity index is 1.04. The second-order valence-corrected chi connectivity index (χ2v) is 25.4. The van der Waals surface area contributed by atoms with Crippen molar-refractivity contribution >= 4 is 59.2 Å². The highest BCUT2D eigenvalue weighted by Gasteiger charge is 2.56. The number of imide groups is 1. The number of methoxy groups -OCH3 is 2. The average molecular weight is 1300 g/mol. The minimum absolute atomic E-state index is 0.0199. The Labute approximate surface area is 549 Å². The van der Waals surface area contributed by atoms with E-state index >= 15 is 0 Å². The molecule has 13 atom stereocenters. The van der Waals surface area contributed by atoms with Gasteiger partial charge in [0.2, 0.25) is 35.4 Å². The standard InChI is InChI=1S/C69H104N8O16/c1-10-46(4)63(74(7)69(87)62(45(2)3)73-68(86)64-53-26-27-55(47(53)5)77(64)52(43-79)44-93-39-38-92-37-36-91-35-34-90-33-32-78)57(88-8)41-61(83)75-31-17-20-56(75)65(89-9)48(6)66(84)72-54(40-49-18-13-11-14-19-49)67(85)71-51-24-22-50(23-25-51)42-70-58(80)21-15-12-16-30-76-59(81)28-29-60(76)82/h11,13-14,18-19,22-25,28-29,43,45-48,52-57,62-65,78H,10,12,15-17,20-21,26-27,30-42,44H2,1-9H3,(H,70,80)(H,71,85)(H,72,84)(H,73,86)/t46-,47-,48+,52?,53-,54-,55-,56-,57+,62-,63-,64-,65+/m0/s1. The lowest BCUT2D eigenvalue weighted by molar-refractivity contribution is -0.148. The molecule has 2 saturated heterocycles. The SMILES string of the molecule is CC[C@H](C)[C@@H]([C@@H](CC(=O)N1CCC[C@H]1[C@H](OC)[C@@H](C)C(=O)N[C@@H](Cc1ccccc1)C(=O)Nc1ccc(CNC(=O)CCCCCN2C(=O)C=CC2=O)cc1)OC)N(C)C(=O)[C@@H](NC(=O)[C@@H]1[C@H]2CC[C@@H]([C@H]2C)N1C(C=O)COCCOCCOCCOCCO)C(C)C. The van der Waals surface area contributed by atoms with E-state index in [4.69, 9.17) is 33.5 Å². The fourth-order valence-corrected chi connectivity index (χ4v) is 13.6. The van der Waals surface area contributed by atoms with Crippen LogP contribution in [-0.2, 0) is 84.5 Å². The van der Waals surface area contributed by atoms with Crippen molar-refractivity contribution in [1.29, 1.82) is 0 Å². The minimum atomic E-state index is -1.00. The number of benzene rings is 2. The van der Waals surface area contributed by atoms with Crippen molar-refractivity contribution in [2.24, 2.45) is 29.6 Å². The highest BCUT2D eigenvalue weighted by atomic mass is 16.6. The molecule has 3 heterocycles. The number of piperidine rings is 1. The summed E-state index contributed by atoms with van der Waals surface area (Å²) >= 11 is 0. The molecule has 8 amide bonds. The number of anilines is 1. The number of carbonyl (C=O) groups is 9. The average Bonchev–Trinajstić information content (AvgIpc) is 1.60. The Morgan fingerprint density at radius 3 is 2.04 bits per heavy atom.